The van der Waals surface area contributed by atoms with Crippen LogP contribution in [0.25, 0.3) is 22.2 Å². The lowest BCUT2D eigenvalue weighted by molar-refractivity contribution is -0.137. The number of para-hydroxylation sites is 1. The summed E-state index contributed by atoms with van der Waals surface area (Å²) in [7, 11) is 0. The zero-order valence-electron chi connectivity index (χ0n) is 11.1. The highest BCUT2D eigenvalue weighted by Crippen LogP contribution is 2.32. The zero-order valence-corrected chi connectivity index (χ0v) is 11.1. The van der Waals surface area contributed by atoms with Gasteiger partial charge < -0.3 is 9.67 Å². The summed E-state index contributed by atoms with van der Waals surface area (Å²) in [5.41, 5.74) is 3.87. The Morgan fingerprint density at radius 1 is 1.25 bits per heavy atom. The Labute approximate surface area is 116 Å². The molecule has 20 heavy (non-hydrogen) atoms. The summed E-state index contributed by atoms with van der Waals surface area (Å²) in [5.74, 6) is -0.851. The van der Waals surface area contributed by atoms with Gasteiger partial charge in [0.05, 0.1) is 5.69 Å². The van der Waals surface area contributed by atoms with Gasteiger partial charge in [-0.2, -0.15) is 0 Å². The van der Waals surface area contributed by atoms with Crippen molar-refractivity contribution in [1.82, 2.24) is 9.55 Å². The first-order valence-electron chi connectivity index (χ1n) is 6.38. The molecule has 0 radical (unpaired) electrons. The van der Waals surface area contributed by atoms with E-state index in [4.69, 9.17) is 0 Å². The number of hydrogen-bond donors (Lipinski definition) is 1. The predicted octanol–water partition coefficient (Wildman–Crippen LogP) is 3.10. The second kappa shape index (κ2) is 4.81. The van der Waals surface area contributed by atoms with Gasteiger partial charge >= 0.3 is 5.97 Å². The summed E-state index contributed by atoms with van der Waals surface area (Å²) in [6, 6.07) is 11.7. The SMILES string of the molecule is Cc1c(-c2cccnc2)n(CC(=O)O)c2ccccc12. The summed E-state index contributed by atoms with van der Waals surface area (Å²) >= 11 is 0. The molecular weight excluding hydrogens is 252 g/mol. The Morgan fingerprint density at radius 2 is 2.05 bits per heavy atom. The van der Waals surface area contributed by atoms with E-state index in [1.165, 1.54) is 0 Å². The summed E-state index contributed by atoms with van der Waals surface area (Å²) in [6.45, 7) is 1.96. The van der Waals surface area contributed by atoms with Crippen LogP contribution in [-0.2, 0) is 11.3 Å². The molecule has 100 valence electrons. The molecule has 2 aromatic heterocycles. The van der Waals surface area contributed by atoms with Crippen molar-refractivity contribution in [1.29, 1.82) is 0 Å². The van der Waals surface area contributed by atoms with E-state index in [2.05, 4.69) is 4.98 Å². The average Bonchev–Trinajstić information content (AvgIpc) is 2.73. The third kappa shape index (κ3) is 1.95. The molecular formula is C16H14N2O2. The molecule has 3 rings (SSSR count). The molecule has 0 saturated heterocycles. The molecule has 1 N–H and O–H groups in total. The van der Waals surface area contributed by atoms with E-state index in [0.717, 1.165) is 27.7 Å². The van der Waals surface area contributed by atoms with Crippen molar-refractivity contribution >= 4 is 16.9 Å². The number of carboxylic acid groups (broad SMARTS) is 1. The first-order chi connectivity index (χ1) is 9.68. The molecule has 4 nitrogen and oxygen atoms in total. The van der Waals surface area contributed by atoms with Gasteiger partial charge in [0.15, 0.2) is 0 Å². The number of hydrogen-bond acceptors (Lipinski definition) is 2. The van der Waals surface area contributed by atoms with Crippen LogP contribution < -0.4 is 0 Å². The number of aromatic nitrogens is 2. The van der Waals surface area contributed by atoms with Crippen molar-refractivity contribution in [2.24, 2.45) is 0 Å². The summed E-state index contributed by atoms with van der Waals surface area (Å²) in [5, 5.41) is 10.2. The number of nitrogens with zero attached hydrogens (tertiary/aromatic N) is 2. The van der Waals surface area contributed by atoms with E-state index in [9.17, 15) is 9.90 Å². The fourth-order valence-corrected chi connectivity index (χ4v) is 2.65. The maximum Gasteiger partial charge on any atom is 0.323 e. The van der Waals surface area contributed by atoms with E-state index in [1.807, 2.05) is 47.9 Å². The number of carboxylic acids is 1. The Balaban J connectivity index is 2.34. The monoisotopic (exact) mass is 266 g/mol. The summed E-state index contributed by atoms with van der Waals surface area (Å²) in [4.78, 5) is 15.3. The van der Waals surface area contributed by atoms with E-state index in [0.29, 0.717) is 0 Å². The molecule has 1 aromatic carbocycles. The number of rotatable bonds is 3. The van der Waals surface area contributed by atoms with Gasteiger partial charge in [-0.15, -0.1) is 0 Å². The number of pyridine rings is 1. The molecule has 0 aliphatic heterocycles. The van der Waals surface area contributed by atoms with Crippen LogP contribution in [0.2, 0.25) is 0 Å². The maximum absolute atomic E-state index is 11.2. The average molecular weight is 266 g/mol. The molecule has 0 unspecified atom stereocenters. The highest BCUT2D eigenvalue weighted by Gasteiger charge is 2.17. The lowest BCUT2D eigenvalue weighted by Crippen LogP contribution is -2.10. The number of aryl methyl sites for hydroxylation is 1. The minimum atomic E-state index is -0.851. The Bertz CT molecular complexity index is 776. The van der Waals surface area contributed by atoms with Gasteiger partial charge in [0.2, 0.25) is 0 Å². The van der Waals surface area contributed by atoms with Crippen molar-refractivity contribution in [2.75, 3.05) is 0 Å². The van der Waals surface area contributed by atoms with Crippen molar-refractivity contribution in [3.05, 3.63) is 54.4 Å². The van der Waals surface area contributed by atoms with Crippen LogP contribution in [0.4, 0.5) is 0 Å². The smallest absolute Gasteiger partial charge is 0.323 e. The molecule has 0 saturated carbocycles. The molecule has 4 heteroatoms. The number of aliphatic carboxylic acids is 1. The van der Waals surface area contributed by atoms with E-state index >= 15 is 0 Å². The van der Waals surface area contributed by atoms with Gasteiger partial charge in [-0.25, -0.2) is 0 Å². The number of benzene rings is 1. The minimum absolute atomic E-state index is 0.0570. The standard InChI is InChI=1S/C16H14N2O2/c1-11-13-6-2-3-7-14(13)18(10-15(19)20)16(11)12-5-4-8-17-9-12/h2-9H,10H2,1H3,(H,19,20). The molecule has 0 aliphatic rings. The van der Waals surface area contributed by atoms with Crippen molar-refractivity contribution < 1.29 is 9.90 Å². The van der Waals surface area contributed by atoms with Crippen LogP contribution in [0.5, 0.6) is 0 Å². The zero-order chi connectivity index (χ0) is 14.1. The fourth-order valence-electron chi connectivity index (χ4n) is 2.65. The van der Waals surface area contributed by atoms with Crippen LogP contribution in [0, 0.1) is 6.92 Å². The van der Waals surface area contributed by atoms with Crippen LogP contribution >= 0.6 is 0 Å². The molecule has 0 aliphatic carbocycles. The molecule has 0 atom stereocenters. The van der Waals surface area contributed by atoms with Crippen molar-refractivity contribution in [3.63, 3.8) is 0 Å². The Morgan fingerprint density at radius 3 is 2.75 bits per heavy atom. The van der Waals surface area contributed by atoms with Crippen LogP contribution in [0.3, 0.4) is 0 Å². The molecule has 0 bridgehead atoms. The number of carbonyl (C=O) groups is 1. The lowest BCUT2D eigenvalue weighted by atomic mass is 10.1. The van der Waals surface area contributed by atoms with Crippen LogP contribution in [0.15, 0.2) is 48.8 Å². The van der Waals surface area contributed by atoms with Crippen molar-refractivity contribution in [3.8, 4) is 11.3 Å². The minimum Gasteiger partial charge on any atom is -0.480 e. The van der Waals surface area contributed by atoms with Gasteiger partial charge in [-0.1, -0.05) is 18.2 Å². The Kier molecular flexibility index (Phi) is 2.99. The van der Waals surface area contributed by atoms with Gasteiger partial charge in [0.1, 0.15) is 6.54 Å². The normalized spacial score (nSPS) is 10.8. The second-order valence-electron chi connectivity index (χ2n) is 4.71. The van der Waals surface area contributed by atoms with E-state index in [-0.39, 0.29) is 6.54 Å². The third-order valence-electron chi connectivity index (χ3n) is 3.45. The lowest BCUT2D eigenvalue weighted by Gasteiger charge is -2.09. The van der Waals surface area contributed by atoms with Gasteiger partial charge in [-0.3, -0.25) is 9.78 Å². The first-order valence-corrected chi connectivity index (χ1v) is 6.38. The van der Waals surface area contributed by atoms with E-state index in [1.54, 1.807) is 12.4 Å². The molecule has 0 fully saturated rings. The number of fused-ring (bicyclic) bond motifs is 1. The Hall–Kier alpha value is -2.62. The summed E-state index contributed by atoms with van der Waals surface area (Å²) < 4.78 is 1.84. The van der Waals surface area contributed by atoms with Crippen LogP contribution in [-0.4, -0.2) is 20.6 Å². The predicted molar refractivity (Wildman–Crippen MR) is 77.5 cm³/mol. The van der Waals surface area contributed by atoms with E-state index < -0.39 is 5.97 Å². The first kappa shape index (κ1) is 12.4. The topological polar surface area (TPSA) is 55.1 Å². The fraction of sp³-hybridized carbons (Fsp3) is 0.125. The molecule has 0 spiro atoms. The van der Waals surface area contributed by atoms with Crippen molar-refractivity contribution in [2.45, 2.75) is 13.5 Å². The highest BCUT2D eigenvalue weighted by molar-refractivity contribution is 5.92. The molecule has 0 amide bonds. The van der Waals surface area contributed by atoms with Gasteiger partial charge in [0.25, 0.3) is 0 Å². The largest absolute Gasteiger partial charge is 0.480 e. The quantitative estimate of drug-likeness (QED) is 0.792. The maximum atomic E-state index is 11.2. The van der Waals surface area contributed by atoms with Gasteiger partial charge in [0, 0.05) is 28.9 Å². The molecule has 2 heterocycles. The van der Waals surface area contributed by atoms with Gasteiger partial charge in [-0.05, 0) is 30.7 Å². The summed E-state index contributed by atoms with van der Waals surface area (Å²) in [6.07, 6.45) is 3.47. The van der Waals surface area contributed by atoms with Crippen LogP contribution in [0.1, 0.15) is 5.56 Å². The highest BCUT2D eigenvalue weighted by atomic mass is 16.4. The second-order valence-corrected chi connectivity index (χ2v) is 4.71. The molecule has 3 aromatic rings. The third-order valence-corrected chi connectivity index (χ3v) is 3.45.